The predicted molar refractivity (Wildman–Crippen MR) is 171 cm³/mol. The molecule has 234 valence electrons. The van der Waals surface area contributed by atoms with Crippen LogP contribution >= 0.6 is 11.3 Å². The summed E-state index contributed by atoms with van der Waals surface area (Å²) in [5.74, 6) is 1.84. The second-order valence-electron chi connectivity index (χ2n) is 12.6. The minimum atomic E-state index is -0.313. The van der Waals surface area contributed by atoms with Crippen molar-refractivity contribution in [2.45, 2.75) is 82.4 Å². The normalized spacial score (nSPS) is 22.5. The SMILES string of the molecule is CN=Cc1c(N)sc2c1[C@@]1(CCC2)CCCc2c(-c3nc(-n4ncc(CO)n4)c4cnn([C@@H](C)[C@@H]5CCCN5C)c4n3)noc21. The molecule has 0 saturated carbocycles. The highest BCUT2D eigenvalue weighted by Crippen LogP contribution is 2.55. The Morgan fingerprint density at radius 1 is 1.20 bits per heavy atom. The summed E-state index contributed by atoms with van der Waals surface area (Å²) in [4.78, 5) is 19.7. The van der Waals surface area contributed by atoms with Crippen molar-refractivity contribution in [2.24, 2.45) is 4.99 Å². The van der Waals surface area contributed by atoms with Gasteiger partial charge in [-0.05, 0) is 77.4 Å². The maximum Gasteiger partial charge on any atom is 0.189 e. The quantitative estimate of drug-likeness (QED) is 0.264. The first-order valence-corrected chi connectivity index (χ1v) is 16.6. The smallest absolute Gasteiger partial charge is 0.189 e. The Morgan fingerprint density at radius 3 is 2.80 bits per heavy atom. The highest BCUT2D eigenvalue weighted by Gasteiger charge is 2.48. The monoisotopic (exact) mass is 627 g/mol. The topological polar surface area (TPSA) is 162 Å². The molecule has 0 unspecified atom stereocenters. The van der Waals surface area contributed by atoms with Crippen LogP contribution in [0.4, 0.5) is 5.00 Å². The van der Waals surface area contributed by atoms with Crippen molar-refractivity contribution in [3.63, 3.8) is 0 Å². The van der Waals surface area contributed by atoms with Gasteiger partial charge in [-0.25, -0.2) is 14.6 Å². The van der Waals surface area contributed by atoms with Gasteiger partial charge in [0.25, 0.3) is 0 Å². The third-order valence-corrected chi connectivity index (χ3v) is 11.2. The summed E-state index contributed by atoms with van der Waals surface area (Å²) in [7, 11) is 3.96. The lowest BCUT2D eigenvalue weighted by atomic mass is 9.63. The first-order valence-electron chi connectivity index (χ1n) is 15.7. The first kappa shape index (κ1) is 28.5. The van der Waals surface area contributed by atoms with E-state index in [4.69, 9.17) is 30.5 Å². The average Bonchev–Trinajstić information content (AvgIpc) is 3.87. The Morgan fingerprint density at radius 2 is 2.04 bits per heavy atom. The number of nitrogens with two attached hydrogens (primary N) is 1. The van der Waals surface area contributed by atoms with E-state index in [0.29, 0.717) is 34.7 Å². The van der Waals surface area contributed by atoms with E-state index in [1.807, 2.05) is 10.9 Å². The van der Waals surface area contributed by atoms with E-state index in [-0.39, 0.29) is 18.1 Å². The third kappa shape index (κ3) is 4.29. The van der Waals surface area contributed by atoms with Gasteiger partial charge < -0.3 is 20.3 Å². The van der Waals surface area contributed by atoms with E-state index in [1.54, 1.807) is 30.8 Å². The number of likely N-dealkylation sites (N-methyl/N-ethyl adjacent to an activating group) is 1. The number of rotatable bonds is 6. The van der Waals surface area contributed by atoms with Crippen molar-refractivity contribution in [3.05, 3.63) is 45.4 Å². The number of likely N-dealkylation sites (tertiary alicyclic amines) is 1. The minimum Gasteiger partial charge on any atom is -0.390 e. The van der Waals surface area contributed by atoms with Crippen molar-refractivity contribution in [1.82, 2.24) is 44.8 Å². The molecule has 0 bridgehead atoms. The predicted octanol–water partition coefficient (Wildman–Crippen LogP) is 3.86. The number of aryl methyl sites for hydroxylation is 1. The van der Waals surface area contributed by atoms with E-state index < -0.39 is 0 Å². The van der Waals surface area contributed by atoms with E-state index in [1.165, 1.54) is 15.2 Å². The van der Waals surface area contributed by atoms with E-state index in [2.05, 4.69) is 34.1 Å². The zero-order chi connectivity index (χ0) is 30.9. The van der Waals surface area contributed by atoms with Crippen molar-refractivity contribution in [1.29, 1.82) is 0 Å². The Bertz CT molecular complexity index is 1930. The summed E-state index contributed by atoms with van der Waals surface area (Å²) in [6, 6.07) is 0.430. The lowest BCUT2D eigenvalue weighted by Crippen LogP contribution is -2.35. The van der Waals surface area contributed by atoms with Crippen LogP contribution in [0.2, 0.25) is 0 Å². The zero-order valence-electron chi connectivity index (χ0n) is 25.8. The Hall–Kier alpha value is -4.01. The highest BCUT2D eigenvalue weighted by molar-refractivity contribution is 7.16. The molecule has 1 saturated heterocycles. The van der Waals surface area contributed by atoms with Crippen molar-refractivity contribution >= 4 is 33.6 Å². The molecule has 5 aromatic rings. The molecular formula is C31H37N11O2S. The molecular weight excluding hydrogens is 590 g/mol. The summed E-state index contributed by atoms with van der Waals surface area (Å²) in [6.07, 6.45) is 13.3. The standard InChI is InChI=1S/C31H37N11O2S/c1-17(22-8-6-12-40(22)3)41-29-21(15-34-41)30(42-35-13-18(16-43)38-42)37-28(36-29)25-19-7-4-10-31(26(19)44-39-25)11-5-9-23-24(31)20(14-33-2)27(32)45-23/h13-15,17,22,43H,4-12,16,32H2,1-3H3/t17-,22-,31-/m0/s1. The van der Waals surface area contributed by atoms with E-state index in [0.717, 1.165) is 85.2 Å². The Balaban J connectivity index is 1.31. The molecule has 14 heteroatoms. The fraction of sp³-hybridized carbons (Fsp3) is 0.516. The molecule has 3 aliphatic rings. The van der Waals surface area contributed by atoms with Crippen LogP contribution in [-0.2, 0) is 24.9 Å². The van der Waals surface area contributed by atoms with Gasteiger partial charge in [0.1, 0.15) is 5.69 Å². The van der Waals surface area contributed by atoms with Gasteiger partial charge in [0, 0.05) is 35.3 Å². The number of hydrogen-bond acceptors (Lipinski definition) is 12. The summed E-state index contributed by atoms with van der Waals surface area (Å²) in [6.45, 7) is 3.05. The van der Waals surface area contributed by atoms with Gasteiger partial charge in [0.15, 0.2) is 28.7 Å². The molecule has 1 aliphatic heterocycles. The van der Waals surface area contributed by atoms with Crippen LogP contribution in [0.3, 0.4) is 0 Å². The fourth-order valence-corrected chi connectivity index (χ4v) is 9.23. The molecule has 2 aliphatic carbocycles. The van der Waals surface area contributed by atoms with Gasteiger partial charge in [0.2, 0.25) is 0 Å². The number of fused-ring (bicyclic) bond motifs is 5. The van der Waals surface area contributed by atoms with E-state index in [9.17, 15) is 5.11 Å². The van der Waals surface area contributed by atoms with Crippen LogP contribution in [0.5, 0.6) is 0 Å². The summed E-state index contributed by atoms with van der Waals surface area (Å²) in [5.41, 5.74) is 11.3. The minimum absolute atomic E-state index is 0.0852. The Labute approximate surface area is 264 Å². The summed E-state index contributed by atoms with van der Waals surface area (Å²) < 4.78 is 8.36. The number of aromatic nitrogens is 8. The second kappa shape index (κ2) is 10.8. The molecule has 0 amide bonds. The molecule has 1 spiro atoms. The van der Waals surface area contributed by atoms with Crippen LogP contribution in [0, 0.1) is 0 Å². The van der Waals surface area contributed by atoms with Gasteiger partial charge in [-0.3, -0.25) is 4.99 Å². The number of aliphatic imine (C=N–C) groups is 1. The maximum atomic E-state index is 9.71. The molecule has 1 fully saturated rings. The highest BCUT2D eigenvalue weighted by atomic mass is 32.1. The molecule has 5 aromatic heterocycles. The first-order chi connectivity index (χ1) is 21.9. The van der Waals surface area contributed by atoms with E-state index >= 15 is 0 Å². The number of thiophene rings is 1. The molecule has 0 radical (unpaired) electrons. The lowest BCUT2D eigenvalue weighted by molar-refractivity contribution is 0.232. The number of aliphatic hydroxyl groups excluding tert-OH is 1. The molecule has 3 N–H and O–H groups in total. The Kier molecular flexibility index (Phi) is 6.84. The number of hydrogen-bond donors (Lipinski definition) is 2. The van der Waals surface area contributed by atoms with Gasteiger partial charge >= 0.3 is 0 Å². The summed E-state index contributed by atoms with van der Waals surface area (Å²) in [5, 5.41) is 29.7. The van der Waals surface area contributed by atoms with Gasteiger partial charge in [-0.2, -0.15) is 10.2 Å². The van der Waals surface area contributed by atoms with Crippen LogP contribution < -0.4 is 5.73 Å². The van der Waals surface area contributed by atoms with Crippen molar-refractivity contribution in [3.8, 4) is 17.3 Å². The number of nitrogen functional groups attached to an aromatic ring is 1. The third-order valence-electron chi connectivity index (χ3n) is 10.1. The molecule has 45 heavy (non-hydrogen) atoms. The van der Waals surface area contributed by atoms with Gasteiger partial charge in [0.05, 0.1) is 40.8 Å². The maximum absolute atomic E-state index is 9.71. The summed E-state index contributed by atoms with van der Waals surface area (Å²) >= 11 is 1.67. The fourth-order valence-electron chi connectivity index (χ4n) is 8.04. The molecule has 3 atom stereocenters. The van der Waals surface area contributed by atoms with Crippen LogP contribution in [0.1, 0.15) is 84.5 Å². The molecule has 0 aromatic carbocycles. The average molecular weight is 628 g/mol. The second-order valence-corrected chi connectivity index (χ2v) is 13.7. The molecule has 8 rings (SSSR count). The zero-order valence-corrected chi connectivity index (χ0v) is 26.6. The van der Waals surface area contributed by atoms with Crippen LogP contribution in [0.15, 0.2) is 21.9 Å². The van der Waals surface area contributed by atoms with Crippen molar-refractivity contribution in [2.75, 3.05) is 26.4 Å². The number of anilines is 1. The molecule has 6 heterocycles. The number of aliphatic hydroxyl groups is 1. The van der Waals surface area contributed by atoms with Crippen molar-refractivity contribution < 1.29 is 9.63 Å². The van der Waals surface area contributed by atoms with Gasteiger partial charge in [-0.15, -0.1) is 21.2 Å². The van der Waals surface area contributed by atoms with Crippen LogP contribution in [-0.4, -0.2) is 82.8 Å². The lowest BCUT2D eigenvalue weighted by Gasteiger charge is -2.39. The van der Waals surface area contributed by atoms with Gasteiger partial charge in [-0.1, -0.05) is 5.16 Å². The number of nitrogens with zero attached hydrogens (tertiary/aromatic N) is 10. The largest absolute Gasteiger partial charge is 0.390 e. The molecule has 13 nitrogen and oxygen atoms in total. The van der Waals surface area contributed by atoms with Crippen LogP contribution in [0.25, 0.3) is 28.4 Å².